The molecule has 0 saturated carbocycles. The lowest BCUT2D eigenvalue weighted by Gasteiger charge is -2.17. The monoisotopic (exact) mass is 430 g/mol. The van der Waals surface area contributed by atoms with Crippen LogP contribution in [0.5, 0.6) is 5.75 Å². The smallest absolute Gasteiger partial charge is 0.417 e. The van der Waals surface area contributed by atoms with Crippen LogP contribution in [0.15, 0.2) is 42.5 Å². The van der Waals surface area contributed by atoms with Crippen molar-refractivity contribution in [1.29, 1.82) is 0 Å². The van der Waals surface area contributed by atoms with Crippen LogP contribution < -0.4 is 10.6 Å². The number of alkyl halides is 3. The van der Waals surface area contributed by atoms with Gasteiger partial charge in [-0.2, -0.15) is 13.2 Å². The number of nitrogens with one attached hydrogen (secondary N) is 2. The van der Waals surface area contributed by atoms with Gasteiger partial charge in [-0.15, -0.1) is 0 Å². The van der Waals surface area contributed by atoms with E-state index in [1.165, 1.54) is 25.3 Å². The van der Waals surface area contributed by atoms with Crippen molar-refractivity contribution < 1.29 is 32.6 Å². The standard InChI is InChI=1S/C19H18ClF3N2O4/c1-29-18(28)16(8-11-2-5-13(26)6-3-11)24-10-17(27)25-12-4-7-15(20)14(9-12)19(21,22)23/h2-7,9,16,24,26H,8,10H2,1H3,(H,25,27). The number of carbonyl (C=O) groups is 2. The third kappa shape index (κ3) is 6.65. The second-order valence-electron chi connectivity index (χ2n) is 6.07. The lowest BCUT2D eigenvalue weighted by Crippen LogP contribution is -2.43. The van der Waals surface area contributed by atoms with Crippen molar-refractivity contribution in [2.24, 2.45) is 0 Å². The SMILES string of the molecule is COC(=O)C(Cc1ccc(O)cc1)NCC(=O)Nc1ccc(Cl)c(C(F)(F)F)c1. The highest BCUT2D eigenvalue weighted by Gasteiger charge is 2.33. The maximum Gasteiger partial charge on any atom is 0.417 e. The molecule has 29 heavy (non-hydrogen) atoms. The molecule has 0 fully saturated rings. The normalized spacial score (nSPS) is 12.3. The Morgan fingerprint density at radius 1 is 1.17 bits per heavy atom. The largest absolute Gasteiger partial charge is 0.508 e. The fourth-order valence-electron chi connectivity index (χ4n) is 2.49. The number of esters is 1. The molecule has 0 radical (unpaired) electrons. The highest BCUT2D eigenvalue weighted by atomic mass is 35.5. The number of halogens is 4. The zero-order chi connectivity index (χ0) is 21.6. The van der Waals surface area contributed by atoms with Crippen LogP contribution in [0.25, 0.3) is 0 Å². The van der Waals surface area contributed by atoms with Crippen molar-refractivity contribution in [3.63, 3.8) is 0 Å². The highest BCUT2D eigenvalue weighted by molar-refractivity contribution is 6.31. The van der Waals surface area contributed by atoms with E-state index in [0.717, 1.165) is 12.1 Å². The molecule has 0 aliphatic heterocycles. The van der Waals surface area contributed by atoms with Crippen LogP contribution in [0, 0.1) is 0 Å². The topological polar surface area (TPSA) is 87.7 Å². The summed E-state index contributed by atoms with van der Waals surface area (Å²) in [6.07, 6.45) is -4.48. The lowest BCUT2D eigenvalue weighted by molar-refractivity contribution is -0.143. The number of benzene rings is 2. The van der Waals surface area contributed by atoms with Gasteiger partial charge in [-0.3, -0.25) is 14.9 Å². The molecule has 2 aromatic carbocycles. The molecular formula is C19H18ClF3N2O4. The van der Waals surface area contributed by atoms with E-state index in [0.29, 0.717) is 5.56 Å². The number of hydrogen-bond acceptors (Lipinski definition) is 5. The summed E-state index contributed by atoms with van der Waals surface area (Å²) < 4.78 is 43.4. The summed E-state index contributed by atoms with van der Waals surface area (Å²) in [7, 11) is 1.19. The molecule has 10 heteroatoms. The van der Waals surface area contributed by atoms with Gasteiger partial charge in [-0.25, -0.2) is 0 Å². The molecule has 0 aliphatic carbocycles. The Balaban J connectivity index is 2.01. The number of amides is 1. The Bertz CT molecular complexity index is 873. The fraction of sp³-hybridized carbons (Fsp3) is 0.263. The van der Waals surface area contributed by atoms with Gasteiger partial charge in [0.25, 0.3) is 0 Å². The Labute approximate surface area is 169 Å². The van der Waals surface area contributed by atoms with Gasteiger partial charge in [0, 0.05) is 5.69 Å². The van der Waals surface area contributed by atoms with E-state index in [-0.39, 0.29) is 24.4 Å². The van der Waals surface area contributed by atoms with Crippen molar-refractivity contribution in [1.82, 2.24) is 5.32 Å². The third-order valence-electron chi connectivity index (χ3n) is 3.93. The van der Waals surface area contributed by atoms with Crippen LogP contribution in [0.3, 0.4) is 0 Å². The highest BCUT2D eigenvalue weighted by Crippen LogP contribution is 2.36. The number of phenols is 1. The predicted molar refractivity (Wildman–Crippen MR) is 101 cm³/mol. The zero-order valence-electron chi connectivity index (χ0n) is 15.2. The van der Waals surface area contributed by atoms with Crippen LogP contribution in [0.4, 0.5) is 18.9 Å². The number of methoxy groups -OCH3 is 1. The van der Waals surface area contributed by atoms with Gasteiger partial charge in [-0.05, 0) is 42.3 Å². The van der Waals surface area contributed by atoms with Crippen LogP contribution in [0.2, 0.25) is 5.02 Å². The minimum Gasteiger partial charge on any atom is -0.508 e. The van der Waals surface area contributed by atoms with E-state index < -0.39 is 34.7 Å². The second-order valence-corrected chi connectivity index (χ2v) is 6.47. The first-order valence-electron chi connectivity index (χ1n) is 8.36. The molecule has 3 N–H and O–H groups in total. The summed E-state index contributed by atoms with van der Waals surface area (Å²) in [6.45, 7) is -0.345. The average molecular weight is 431 g/mol. The van der Waals surface area contributed by atoms with Gasteiger partial charge >= 0.3 is 12.1 Å². The molecule has 0 bridgehead atoms. The zero-order valence-corrected chi connectivity index (χ0v) is 16.0. The Kier molecular flexibility index (Phi) is 7.46. The molecule has 0 aromatic heterocycles. The van der Waals surface area contributed by atoms with Crippen molar-refractivity contribution >= 4 is 29.2 Å². The number of anilines is 1. The van der Waals surface area contributed by atoms with Gasteiger partial charge in [0.2, 0.25) is 5.91 Å². The van der Waals surface area contributed by atoms with Crippen molar-refractivity contribution in [3.8, 4) is 5.75 Å². The van der Waals surface area contributed by atoms with E-state index in [1.807, 2.05) is 0 Å². The minimum atomic E-state index is -4.66. The van der Waals surface area contributed by atoms with E-state index >= 15 is 0 Å². The molecule has 0 aliphatic rings. The van der Waals surface area contributed by atoms with Crippen LogP contribution in [-0.4, -0.2) is 36.7 Å². The summed E-state index contributed by atoms with van der Waals surface area (Å²) in [4.78, 5) is 24.0. The third-order valence-corrected chi connectivity index (χ3v) is 4.26. The first-order chi connectivity index (χ1) is 13.6. The molecule has 1 unspecified atom stereocenters. The van der Waals surface area contributed by atoms with Crippen molar-refractivity contribution in [2.45, 2.75) is 18.6 Å². The number of ether oxygens (including phenoxy) is 1. The molecule has 156 valence electrons. The molecular weight excluding hydrogens is 413 g/mol. The first kappa shape index (κ1) is 22.5. The van der Waals surface area contributed by atoms with Gasteiger partial charge in [-0.1, -0.05) is 23.7 Å². The molecule has 1 amide bonds. The quantitative estimate of drug-likeness (QED) is 0.586. The Morgan fingerprint density at radius 2 is 1.83 bits per heavy atom. The van der Waals surface area contributed by atoms with Gasteiger partial charge in [0.05, 0.1) is 24.2 Å². The Morgan fingerprint density at radius 3 is 2.41 bits per heavy atom. The summed E-state index contributed by atoms with van der Waals surface area (Å²) in [5.74, 6) is -1.20. The molecule has 6 nitrogen and oxygen atoms in total. The van der Waals surface area contributed by atoms with Crippen molar-refractivity contribution in [2.75, 3.05) is 19.0 Å². The van der Waals surface area contributed by atoms with E-state index in [1.54, 1.807) is 12.1 Å². The Hall–Kier alpha value is -2.78. The number of aromatic hydroxyl groups is 1. The van der Waals surface area contributed by atoms with E-state index in [2.05, 4.69) is 10.6 Å². The molecule has 1 atom stereocenters. The number of rotatable bonds is 7. The summed E-state index contributed by atoms with van der Waals surface area (Å²) in [5, 5.41) is 13.9. The van der Waals surface area contributed by atoms with Gasteiger partial charge in [0.15, 0.2) is 0 Å². The molecule has 0 heterocycles. The van der Waals surface area contributed by atoms with Crippen molar-refractivity contribution in [3.05, 3.63) is 58.6 Å². The van der Waals surface area contributed by atoms with E-state index in [4.69, 9.17) is 16.3 Å². The number of hydrogen-bond donors (Lipinski definition) is 3. The molecule has 0 spiro atoms. The number of carbonyl (C=O) groups excluding carboxylic acids is 2. The predicted octanol–water partition coefficient (Wildman–Crippen LogP) is 3.38. The van der Waals surface area contributed by atoms with Crippen LogP contribution >= 0.6 is 11.6 Å². The van der Waals surface area contributed by atoms with Crippen LogP contribution in [-0.2, 0) is 26.9 Å². The summed E-state index contributed by atoms with van der Waals surface area (Å²) in [6, 6.07) is 8.27. The minimum absolute atomic E-state index is 0.0666. The summed E-state index contributed by atoms with van der Waals surface area (Å²) >= 11 is 5.55. The number of phenolic OH excluding ortho intramolecular Hbond substituents is 1. The van der Waals surface area contributed by atoms with E-state index in [9.17, 15) is 27.9 Å². The maximum absolute atomic E-state index is 12.9. The average Bonchev–Trinajstić information content (AvgIpc) is 2.66. The van der Waals surface area contributed by atoms with Crippen LogP contribution in [0.1, 0.15) is 11.1 Å². The lowest BCUT2D eigenvalue weighted by atomic mass is 10.1. The summed E-state index contributed by atoms with van der Waals surface area (Å²) in [5.41, 5.74) is -0.440. The molecule has 2 aromatic rings. The second kappa shape index (κ2) is 9.62. The fourth-order valence-corrected chi connectivity index (χ4v) is 2.71. The van der Waals surface area contributed by atoms with Gasteiger partial charge in [0.1, 0.15) is 11.8 Å². The maximum atomic E-state index is 12.9. The molecule has 0 saturated heterocycles. The molecule has 2 rings (SSSR count). The first-order valence-corrected chi connectivity index (χ1v) is 8.73. The van der Waals surface area contributed by atoms with Gasteiger partial charge < -0.3 is 15.2 Å².